The number of rotatable bonds is 7. The molecule has 1 aromatic heterocycles. The number of aromatic nitrogens is 1. The summed E-state index contributed by atoms with van der Waals surface area (Å²) in [5.41, 5.74) is 6.21. The Hall–Kier alpha value is -1.10. The zero-order chi connectivity index (χ0) is 14.4. The first-order valence-electron chi connectivity index (χ1n) is 5.72. The molecule has 1 aromatic rings. The van der Waals surface area contributed by atoms with Crippen molar-refractivity contribution < 1.29 is 14.7 Å². The van der Waals surface area contributed by atoms with E-state index in [1.807, 2.05) is 0 Å². The van der Waals surface area contributed by atoms with Crippen LogP contribution in [0.4, 0.5) is 5.82 Å². The molecule has 0 amide bonds. The molecule has 0 saturated carbocycles. The van der Waals surface area contributed by atoms with Gasteiger partial charge in [-0.3, -0.25) is 0 Å². The van der Waals surface area contributed by atoms with Crippen LogP contribution in [0, 0.1) is 5.92 Å². The summed E-state index contributed by atoms with van der Waals surface area (Å²) in [7, 11) is 0. The van der Waals surface area contributed by atoms with E-state index in [1.54, 1.807) is 13.0 Å². The molecule has 1 unspecified atom stereocenters. The first-order chi connectivity index (χ1) is 8.93. The van der Waals surface area contributed by atoms with Crippen molar-refractivity contribution in [3.63, 3.8) is 0 Å². The van der Waals surface area contributed by atoms with Gasteiger partial charge in [-0.15, -0.1) is 0 Å². The summed E-state index contributed by atoms with van der Waals surface area (Å²) in [4.78, 5) is 26.3. The molecule has 3 N–H and O–H groups in total. The fourth-order valence-electron chi connectivity index (χ4n) is 1.40. The fraction of sp³-hybridized carbons (Fsp3) is 0.417. The number of carboxylic acid groups (broad SMARTS) is 1. The minimum absolute atomic E-state index is 0.132. The van der Waals surface area contributed by atoms with Crippen molar-refractivity contribution in [2.75, 3.05) is 5.73 Å². The molecule has 0 aliphatic carbocycles. The zero-order valence-electron chi connectivity index (χ0n) is 10.4. The van der Waals surface area contributed by atoms with Crippen molar-refractivity contribution in [3.8, 4) is 0 Å². The summed E-state index contributed by atoms with van der Waals surface area (Å²) in [6.07, 6.45) is 2.29. The molecule has 0 aromatic carbocycles. The van der Waals surface area contributed by atoms with Crippen LogP contribution in [0.1, 0.15) is 18.9 Å². The van der Waals surface area contributed by atoms with Crippen LogP contribution < -0.4 is 5.73 Å². The number of hydrogen-bond acceptors (Lipinski definition) is 4. The molecule has 0 saturated heterocycles. The third kappa shape index (κ3) is 5.18. The fourth-order valence-corrected chi connectivity index (χ4v) is 3.37. The Kier molecular flexibility index (Phi) is 6.28. The van der Waals surface area contributed by atoms with Crippen LogP contribution in [0.3, 0.4) is 0 Å². The molecule has 0 bridgehead atoms. The van der Waals surface area contributed by atoms with E-state index in [1.165, 1.54) is 6.20 Å². The number of nitrogens with zero attached hydrogens (tertiary/aromatic N) is 1. The maximum absolute atomic E-state index is 11.3. The van der Waals surface area contributed by atoms with E-state index in [-0.39, 0.29) is 25.5 Å². The van der Waals surface area contributed by atoms with Gasteiger partial charge in [0.1, 0.15) is 0 Å². The molecule has 0 spiro atoms. The molecule has 0 fully saturated rings. The number of hydrogen-bond donors (Lipinski definition) is 2. The number of nitrogens with two attached hydrogens (primary N) is 1. The van der Waals surface area contributed by atoms with Crippen LogP contribution >= 0.6 is 11.6 Å². The van der Waals surface area contributed by atoms with E-state index >= 15 is 0 Å². The molecular weight excluding hydrogens is 335 g/mol. The molecular formula is C12H15ClN2O3Se. The van der Waals surface area contributed by atoms with E-state index in [0.29, 0.717) is 28.7 Å². The first kappa shape index (κ1) is 16.0. The molecule has 1 atom stereocenters. The molecule has 7 heteroatoms. The van der Waals surface area contributed by atoms with E-state index in [0.717, 1.165) is 0 Å². The summed E-state index contributed by atoms with van der Waals surface area (Å²) in [6, 6.07) is 1.62. The Morgan fingerprint density at radius 1 is 1.58 bits per heavy atom. The third-order valence-electron chi connectivity index (χ3n) is 2.49. The van der Waals surface area contributed by atoms with Crippen LogP contribution in [0.25, 0.3) is 0 Å². The second kappa shape index (κ2) is 7.48. The van der Waals surface area contributed by atoms with Crippen LogP contribution in [0.15, 0.2) is 12.3 Å². The van der Waals surface area contributed by atoms with Gasteiger partial charge in [0.15, 0.2) is 0 Å². The molecule has 1 heterocycles. The van der Waals surface area contributed by atoms with Crippen molar-refractivity contribution in [3.05, 3.63) is 22.8 Å². The molecule has 104 valence electrons. The molecule has 1 rings (SSSR count). The quantitative estimate of drug-likeness (QED) is 0.730. The Labute approximate surface area is 122 Å². The zero-order valence-corrected chi connectivity index (χ0v) is 12.9. The van der Waals surface area contributed by atoms with Gasteiger partial charge in [-0.05, 0) is 0 Å². The van der Waals surface area contributed by atoms with Crippen LogP contribution in [0.5, 0.6) is 0 Å². The number of carboxylic acids is 1. The molecule has 0 aliphatic rings. The Morgan fingerprint density at radius 2 is 2.26 bits per heavy atom. The number of halogens is 1. The number of nitrogen functional groups attached to an aromatic ring is 1. The van der Waals surface area contributed by atoms with Crippen molar-refractivity contribution in [2.24, 2.45) is 5.92 Å². The SMILES string of the molecule is CCC(=O)[Se]CC(Cc1cnc(N)c(Cl)c1)C(=O)O. The van der Waals surface area contributed by atoms with Gasteiger partial charge in [0.2, 0.25) is 0 Å². The van der Waals surface area contributed by atoms with Crippen molar-refractivity contribution in [2.45, 2.75) is 25.1 Å². The predicted octanol–water partition coefficient (Wildman–Crippen LogP) is 1.62. The second-order valence-corrected chi connectivity index (χ2v) is 6.65. The van der Waals surface area contributed by atoms with Crippen molar-refractivity contribution >= 4 is 43.0 Å². The van der Waals surface area contributed by atoms with Gasteiger partial charge in [0.25, 0.3) is 0 Å². The number of pyridine rings is 1. The van der Waals surface area contributed by atoms with Gasteiger partial charge in [-0.25, -0.2) is 0 Å². The average molecular weight is 350 g/mol. The van der Waals surface area contributed by atoms with E-state index in [4.69, 9.17) is 22.4 Å². The summed E-state index contributed by atoms with van der Waals surface area (Å²) in [5.74, 6) is -1.27. The average Bonchev–Trinajstić information content (AvgIpc) is 2.37. The molecule has 5 nitrogen and oxygen atoms in total. The van der Waals surface area contributed by atoms with Gasteiger partial charge in [-0.2, -0.15) is 0 Å². The Morgan fingerprint density at radius 3 is 2.79 bits per heavy atom. The number of anilines is 1. The molecule has 19 heavy (non-hydrogen) atoms. The van der Waals surface area contributed by atoms with Crippen molar-refractivity contribution in [1.82, 2.24) is 4.98 Å². The second-order valence-electron chi connectivity index (χ2n) is 3.99. The summed E-state index contributed by atoms with van der Waals surface area (Å²) in [6.45, 7) is 1.78. The first-order valence-corrected chi connectivity index (χ1v) is 8.17. The summed E-state index contributed by atoms with van der Waals surface area (Å²) in [5, 5.41) is 9.87. The van der Waals surface area contributed by atoms with Crippen molar-refractivity contribution in [1.29, 1.82) is 0 Å². The monoisotopic (exact) mass is 350 g/mol. The number of carbonyl (C=O) groups is 2. The number of carbonyl (C=O) groups excluding carboxylic acids is 1. The Bertz CT molecular complexity index is 482. The predicted molar refractivity (Wildman–Crippen MR) is 74.3 cm³/mol. The van der Waals surface area contributed by atoms with E-state index in [2.05, 4.69) is 4.98 Å². The summed E-state index contributed by atoms with van der Waals surface area (Å²) < 4.78 is 0.132. The van der Waals surface area contributed by atoms with E-state index < -0.39 is 11.9 Å². The van der Waals surface area contributed by atoms with Crippen LogP contribution in [-0.2, 0) is 16.0 Å². The normalized spacial score (nSPS) is 12.1. The summed E-state index contributed by atoms with van der Waals surface area (Å²) >= 11 is 5.55. The topological polar surface area (TPSA) is 93.3 Å². The molecule has 0 radical (unpaired) electrons. The van der Waals surface area contributed by atoms with Crippen LogP contribution in [-0.4, -0.2) is 35.7 Å². The van der Waals surface area contributed by atoms with Gasteiger partial charge in [0, 0.05) is 0 Å². The van der Waals surface area contributed by atoms with E-state index in [9.17, 15) is 9.59 Å². The Balaban J connectivity index is 2.70. The van der Waals surface area contributed by atoms with Gasteiger partial charge in [-0.1, -0.05) is 0 Å². The maximum atomic E-state index is 11.3. The molecule has 0 aliphatic heterocycles. The standard InChI is InChI=1S/C12H15ClN2O3Se/c1-2-10(16)19-6-8(12(17)18)3-7-4-9(13)11(14)15-5-7/h4-5,8H,2-3,6H2,1H3,(H2,14,15)(H,17,18). The van der Waals surface area contributed by atoms with Crippen LogP contribution in [0.2, 0.25) is 10.3 Å². The number of aliphatic carboxylic acids is 1. The van der Waals surface area contributed by atoms with Gasteiger partial charge < -0.3 is 0 Å². The minimum atomic E-state index is -0.904. The van der Waals surface area contributed by atoms with Gasteiger partial charge in [0.05, 0.1) is 0 Å². The third-order valence-corrected chi connectivity index (χ3v) is 5.27. The van der Waals surface area contributed by atoms with Gasteiger partial charge >= 0.3 is 122 Å².